The standard InChI is InChI=1S/C38H26N2O12S2/c1-3-9-37(54(45,46)47)40-28-20-32-26(24-11-6-8-13-30(24)50-32)18-34(28)52-36(40)15-22(16-38(41)48-4-2)14-35-39(21-53(42,43)44)27-19-31-25(17-33(27)51-35)23-10-5-7-12-29(23)49-31/h5-8,10-15,17-20H,1,4,16,21H2,2H3,(H-,42,43,44,45,46,47)/p+1. The fourth-order valence-corrected chi connectivity index (χ4v) is 7.67. The van der Waals surface area contributed by atoms with E-state index in [0.29, 0.717) is 33.1 Å². The first kappa shape index (κ1) is 34.7. The molecule has 0 saturated carbocycles. The molecule has 0 unspecified atom stereocenters. The van der Waals surface area contributed by atoms with Crippen molar-refractivity contribution in [3.05, 3.63) is 119 Å². The molecule has 8 rings (SSSR count). The first-order valence-electron chi connectivity index (χ1n) is 16.2. The Hall–Kier alpha value is -6.38. The van der Waals surface area contributed by atoms with E-state index in [1.807, 2.05) is 30.3 Å². The number of oxazole rings is 1. The van der Waals surface area contributed by atoms with E-state index < -0.39 is 43.5 Å². The van der Waals surface area contributed by atoms with Gasteiger partial charge in [0.05, 0.1) is 30.9 Å². The largest absolute Gasteiger partial charge is 0.466 e. The number of nitrogens with zero attached hydrogens (tertiary/aromatic N) is 2. The van der Waals surface area contributed by atoms with Gasteiger partial charge in [-0.25, -0.2) is 0 Å². The minimum atomic E-state index is -5.02. The van der Waals surface area contributed by atoms with E-state index in [9.17, 15) is 30.7 Å². The predicted molar refractivity (Wildman–Crippen MR) is 197 cm³/mol. The normalized spacial score (nSPS) is 14.2. The van der Waals surface area contributed by atoms with Gasteiger partial charge in [0.25, 0.3) is 11.4 Å². The van der Waals surface area contributed by atoms with E-state index in [0.717, 1.165) is 15.7 Å². The second-order valence-electron chi connectivity index (χ2n) is 12.1. The quantitative estimate of drug-likeness (QED) is 0.0655. The number of para-hydroxylation sites is 2. The SMILES string of the molecule is C=C=C=C(N1C(=CC(=Cc2oc3cc4c(cc3[n+]2CS(=O)(=O)O)oc2ccccc24)CC(=O)OCC)Oc2cc3c(cc21)oc1ccccc13)S(=O)(=O)O. The zero-order chi connectivity index (χ0) is 37.9. The molecular formula is C38H27N2O12S2+. The first-order chi connectivity index (χ1) is 25.8. The van der Waals surface area contributed by atoms with Crippen LogP contribution in [0.1, 0.15) is 19.2 Å². The lowest BCUT2D eigenvalue weighted by molar-refractivity contribution is -0.658. The molecule has 4 aromatic carbocycles. The predicted octanol–water partition coefficient (Wildman–Crippen LogP) is 7.11. The Balaban J connectivity index is 1.35. The molecule has 0 fully saturated rings. The number of furan rings is 2. The lowest BCUT2D eigenvalue weighted by Gasteiger charge is -2.18. The molecule has 0 spiro atoms. The van der Waals surface area contributed by atoms with Gasteiger partial charge in [-0.05, 0) is 49.1 Å². The molecule has 2 N–H and O–H groups in total. The van der Waals surface area contributed by atoms with Crippen molar-refractivity contribution in [1.82, 2.24) is 0 Å². The average Bonchev–Trinajstić information content (AvgIpc) is 3.84. The molecule has 1 aliphatic heterocycles. The molecule has 4 heterocycles. The summed E-state index contributed by atoms with van der Waals surface area (Å²) < 4.78 is 101. The second kappa shape index (κ2) is 12.9. The van der Waals surface area contributed by atoms with Gasteiger partial charge in [0.2, 0.25) is 16.5 Å². The highest BCUT2D eigenvalue weighted by molar-refractivity contribution is 7.90. The molecule has 0 saturated heterocycles. The summed E-state index contributed by atoms with van der Waals surface area (Å²) in [5, 5.41) is 2.06. The van der Waals surface area contributed by atoms with Crippen molar-refractivity contribution in [2.75, 3.05) is 11.5 Å². The van der Waals surface area contributed by atoms with Crippen molar-refractivity contribution < 1.29 is 58.0 Å². The number of aromatic nitrogens is 1. The molecule has 3 aromatic heterocycles. The van der Waals surface area contributed by atoms with Gasteiger partial charge in [-0.2, -0.15) is 16.8 Å². The highest BCUT2D eigenvalue weighted by Gasteiger charge is 2.37. The lowest BCUT2D eigenvalue weighted by Crippen LogP contribution is -2.39. The van der Waals surface area contributed by atoms with Crippen LogP contribution in [0.4, 0.5) is 5.69 Å². The molecule has 0 bridgehead atoms. The second-order valence-corrected chi connectivity index (χ2v) is 14.9. The van der Waals surface area contributed by atoms with Gasteiger partial charge in [0.15, 0.2) is 5.75 Å². The van der Waals surface area contributed by atoms with Crippen LogP contribution in [0, 0.1) is 0 Å². The van der Waals surface area contributed by atoms with E-state index in [1.165, 1.54) is 22.8 Å². The molecule has 7 aromatic rings. The summed E-state index contributed by atoms with van der Waals surface area (Å²) in [6.45, 7) is 5.06. The summed E-state index contributed by atoms with van der Waals surface area (Å²) in [5.74, 6) is -1.85. The number of hydrogen-bond donors (Lipinski definition) is 2. The van der Waals surface area contributed by atoms with Crippen LogP contribution in [0.2, 0.25) is 0 Å². The maximum Gasteiger partial charge on any atom is 0.375 e. The van der Waals surface area contributed by atoms with Gasteiger partial charge < -0.3 is 22.7 Å². The monoisotopic (exact) mass is 767 g/mol. The third-order valence-electron chi connectivity index (χ3n) is 8.57. The van der Waals surface area contributed by atoms with Crippen molar-refractivity contribution in [2.24, 2.45) is 0 Å². The van der Waals surface area contributed by atoms with Crippen molar-refractivity contribution in [2.45, 2.75) is 19.2 Å². The lowest BCUT2D eigenvalue weighted by atomic mass is 10.1. The first-order valence-corrected chi connectivity index (χ1v) is 19.2. The maximum absolute atomic E-state index is 13.0. The smallest absolute Gasteiger partial charge is 0.375 e. The van der Waals surface area contributed by atoms with Gasteiger partial charge in [-0.15, -0.1) is 4.57 Å². The molecule has 272 valence electrons. The Bertz CT molecular complexity index is 3120. The molecule has 1 aliphatic rings. The van der Waals surface area contributed by atoms with Crippen LogP contribution < -0.4 is 14.2 Å². The number of benzene rings is 4. The van der Waals surface area contributed by atoms with Crippen LogP contribution in [0.5, 0.6) is 5.75 Å². The Morgan fingerprint density at radius 1 is 0.870 bits per heavy atom. The van der Waals surface area contributed by atoms with Gasteiger partial charge in [0.1, 0.15) is 22.3 Å². The number of anilines is 1. The van der Waals surface area contributed by atoms with Gasteiger partial charge in [-0.3, -0.25) is 18.8 Å². The Morgan fingerprint density at radius 2 is 1.52 bits per heavy atom. The van der Waals surface area contributed by atoms with Crippen LogP contribution in [-0.4, -0.2) is 38.5 Å². The van der Waals surface area contributed by atoms with Gasteiger partial charge in [0, 0.05) is 33.7 Å². The van der Waals surface area contributed by atoms with Gasteiger partial charge >= 0.3 is 32.1 Å². The van der Waals surface area contributed by atoms with E-state index in [4.69, 9.17) is 22.7 Å². The Morgan fingerprint density at radius 3 is 2.15 bits per heavy atom. The molecule has 0 aliphatic carbocycles. The van der Waals surface area contributed by atoms with Crippen molar-refractivity contribution in [3.8, 4) is 5.75 Å². The molecule has 16 heteroatoms. The van der Waals surface area contributed by atoms with E-state index in [2.05, 4.69) is 18.0 Å². The molecule has 0 radical (unpaired) electrons. The Kier molecular flexibility index (Phi) is 8.31. The fourth-order valence-electron chi connectivity index (χ4n) is 6.45. The highest BCUT2D eigenvalue weighted by Crippen LogP contribution is 2.47. The van der Waals surface area contributed by atoms with Crippen LogP contribution in [-0.2, 0) is 35.6 Å². The number of fused-ring (bicyclic) bond motifs is 8. The Labute approximate surface area is 305 Å². The fraction of sp³-hybridized carbons (Fsp3) is 0.105. The zero-order valence-electron chi connectivity index (χ0n) is 28.1. The summed E-state index contributed by atoms with van der Waals surface area (Å²) in [4.78, 5) is 14.0. The number of rotatable bonds is 9. The van der Waals surface area contributed by atoms with E-state index >= 15 is 0 Å². The number of hydrogen-bond acceptors (Lipinski definition) is 11. The summed E-state index contributed by atoms with van der Waals surface area (Å²) >= 11 is 0. The minimum Gasteiger partial charge on any atom is -0.466 e. The molecule has 14 nitrogen and oxygen atoms in total. The number of carbonyl (C=O) groups is 1. The van der Waals surface area contributed by atoms with Crippen molar-refractivity contribution in [1.29, 1.82) is 0 Å². The highest BCUT2D eigenvalue weighted by atomic mass is 32.2. The van der Waals surface area contributed by atoms with Gasteiger partial charge in [-0.1, -0.05) is 42.1 Å². The van der Waals surface area contributed by atoms with Crippen molar-refractivity contribution >= 4 is 92.9 Å². The number of carbonyl (C=O) groups excluding carboxylic acids is 1. The van der Waals surface area contributed by atoms with Crippen LogP contribution >= 0.6 is 0 Å². The number of ether oxygens (including phenoxy) is 2. The zero-order valence-corrected chi connectivity index (χ0v) is 29.7. The number of allylic oxidation sites excluding steroid dienone is 1. The number of esters is 1. The molecular weight excluding hydrogens is 741 g/mol. The molecule has 0 atom stereocenters. The molecule has 0 amide bonds. The average molecular weight is 768 g/mol. The summed E-state index contributed by atoms with van der Waals surface area (Å²) in [6, 6.07) is 20.9. The topological polar surface area (TPSA) is 191 Å². The van der Waals surface area contributed by atoms with Crippen molar-refractivity contribution in [3.63, 3.8) is 0 Å². The third kappa shape index (κ3) is 6.24. The van der Waals surface area contributed by atoms with E-state index in [-0.39, 0.29) is 46.5 Å². The van der Waals surface area contributed by atoms with E-state index in [1.54, 1.807) is 43.3 Å². The summed E-state index contributed by atoms with van der Waals surface area (Å²) in [5.41, 5.74) is 7.19. The summed E-state index contributed by atoms with van der Waals surface area (Å²) in [6.07, 6.45) is 2.16. The summed E-state index contributed by atoms with van der Waals surface area (Å²) in [7, 11) is -9.69. The minimum absolute atomic E-state index is 0.0317. The van der Waals surface area contributed by atoms with Crippen LogP contribution in [0.15, 0.2) is 127 Å². The van der Waals surface area contributed by atoms with Crippen LogP contribution in [0.3, 0.4) is 0 Å². The maximum atomic E-state index is 13.0. The van der Waals surface area contributed by atoms with Crippen LogP contribution in [0.25, 0.3) is 61.1 Å². The molecule has 54 heavy (non-hydrogen) atoms. The third-order valence-corrected chi connectivity index (χ3v) is 9.93.